The standard InChI is InChI=1S/C10H19N3/c1-3-9-7-13(8(2)6-11)5-4-10(9)12/h8-10H,3-5,7,12H2,1-2H3. The van der Waals surface area contributed by atoms with Crippen LogP contribution < -0.4 is 5.73 Å². The summed E-state index contributed by atoms with van der Waals surface area (Å²) in [5.41, 5.74) is 5.98. The van der Waals surface area contributed by atoms with Crippen molar-refractivity contribution < 1.29 is 0 Å². The second kappa shape index (κ2) is 4.59. The first kappa shape index (κ1) is 10.5. The number of nitrogens with zero attached hydrogens (tertiary/aromatic N) is 2. The largest absolute Gasteiger partial charge is 0.327 e. The fourth-order valence-electron chi connectivity index (χ4n) is 1.94. The maximum Gasteiger partial charge on any atom is 0.0949 e. The van der Waals surface area contributed by atoms with Crippen molar-refractivity contribution in [3.8, 4) is 6.07 Å². The Morgan fingerprint density at radius 2 is 2.38 bits per heavy atom. The highest BCUT2D eigenvalue weighted by atomic mass is 15.2. The third-order valence-corrected chi connectivity index (χ3v) is 3.08. The molecule has 1 fully saturated rings. The summed E-state index contributed by atoms with van der Waals surface area (Å²) in [5, 5.41) is 8.79. The average molecular weight is 181 g/mol. The van der Waals surface area contributed by atoms with Gasteiger partial charge in [0.15, 0.2) is 0 Å². The van der Waals surface area contributed by atoms with E-state index < -0.39 is 0 Å². The SMILES string of the molecule is CCC1CN(C(C)C#N)CCC1N. The topological polar surface area (TPSA) is 53.0 Å². The van der Waals surface area contributed by atoms with Crippen molar-refractivity contribution in [2.75, 3.05) is 13.1 Å². The zero-order valence-electron chi connectivity index (χ0n) is 8.53. The second-order valence-corrected chi connectivity index (χ2v) is 3.92. The molecule has 74 valence electrons. The van der Waals surface area contributed by atoms with Crippen molar-refractivity contribution in [1.82, 2.24) is 4.90 Å². The molecular formula is C10H19N3. The summed E-state index contributed by atoms with van der Waals surface area (Å²) in [4.78, 5) is 2.23. The van der Waals surface area contributed by atoms with Crippen LogP contribution in [0.1, 0.15) is 26.7 Å². The monoisotopic (exact) mass is 181 g/mol. The van der Waals surface area contributed by atoms with Crippen molar-refractivity contribution in [3.63, 3.8) is 0 Å². The fourth-order valence-corrected chi connectivity index (χ4v) is 1.94. The van der Waals surface area contributed by atoms with Crippen LogP contribution in [-0.4, -0.2) is 30.1 Å². The first-order valence-electron chi connectivity index (χ1n) is 5.08. The molecule has 0 radical (unpaired) electrons. The molecule has 0 aliphatic carbocycles. The Morgan fingerprint density at radius 3 is 2.92 bits per heavy atom. The number of nitrogens with two attached hydrogens (primary N) is 1. The van der Waals surface area contributed by atoms with E-state index in [1.54, 1.807) is 0 Å². The maximum atomic E-state index is 8.79. The Hall–Kier alpha value is -0.590. The van der Waals surface area contributed by atoms with E-state index >= 15 is 0 Å². The first-order chi connectivity index (χ1) is 6.19. The van der Waals surface area contributed by atoms with Crippen molar-refractivity contribution in [2.45, 2.75) is 38.8 Å². The number of hydrogen-bond acceptors (Lipinski definition) is 3. The van der Waals surface area contributed by atoms with Crippen molar-refractivity contribution in [1.29, 1.82) is 5.26 Å². The molecule has 3 atom stereocenters. The summed E-state index contributed by atoms with van der Waals surface area (Å²) in [6, 6.07) is 2.66. The van der Waals surface area contributed by atoms with Crippen LogP contribution in [0, 0.1) is 17.2 Å². The highest BCUT2D eigenvalue weighted by molar-refractivity contribution is 4.92. The molecular weight excluding hydrogens is 162 g/mol. The lowest BCUT2D eigenvalue weighted by Gasteiger charge is -2.37. The minimum Gasteiger partial charge on any atom is -0.327 e. The molecule has 1 aliphatic heterocycles. The molecule has 1 saturated heterocycles. The lowest BCUT2D eigenvalue weighted by Crippen LogP contribution is -2.49. The van der Waals surface area contributed by atoms with Gasteiger partial charge in [-0.2, -0.15) is 5.26 Å². The molecule has 0 saturated carbocycles. The van der Waals surface area contributed by atoms with Gasteiger partial charge in [-0.25, -0.2) is 0 Å². The Bertz CT molecular complexity index is 197. The molecule has 1 aliphatic rings. The van der Waals surface area contributed by atoms with Crippen LogP contribution in [-0.2, 0) is 0 Å². The molecule has 0 aromatic heterocycles. The van der Waals surface area contributed by atoms with E-state index in [9.17, 15) is 0 Å². The summed E-state index contributed by atoms with van der Waals surface area (Å²) in [5.74, 6) is 0.574. The summed E-state index contributed by atoms with van der Waals surface area (Å²) in [6.07, 6.45) is 2.15. The Labute approximate surface area is 80.5 Å². The van der Waals surface area contributed by atoms with Crippen LogP contribution in [0.3, 0.4) is 0 Å². The van der Waals surface area contributed by atoms with Crippen molar-refractivity contribution in [3.05, 3.63) is 0 Å². The van der Waals surface area contributed by atoms with Crippen LogP contribution in [0.4, 0.5) is 0 Å². The predicted octanol–water partition coefficient (Wildman–Crippen LogP) is 0.958. The predicted molar refractivity (Wildman–Crippen MR) is 53.0 cm³/mol. The van der Waals surface area contributed by atoms with Gasteiger partial charge in [-0.15, -0.1) is 0 Å². The van der Waals surface area contributed by atoms with Gasteiger partial charge in [-0.3, -0.25) is 4.90 Å². The molecule has 0 spiro atoms. The fraction of sp³-hybridized carbons (Fsp3) is 0.900. The van der Waals surface area contributed by atoms with Crippen LogP contribution >= 0.6 is 0 Å². The molecule has 3 nitrogen and oxygen atoms in total. The van der Waals surface area contributed by atoms with Gasteiger partial charge in [0.2, 0.25) is 0 Å². The van der Waals surface area contributed by atoms with Crippen LogP contribution in [0.2, 0.25) is 0 Å². The van der Waals surface area contributed by atoms with E-state index in [1.165, 1.54) is 0 Å². The summed E-state index contributed by atoms with van der Waals surface area (Å²) in [7, 11) is 0. The molecule has 0 aromatic rings. The van der Waals surface area contributed by atoms with Gasteiger partial charge in [-0.1, -0.05) is 13.3 Å². The number of piperidine rings is 1. The molecule has 3 unspecified atom stereocenters. The average Bonchev–Trinajstić information content (AvgIpc) is 2.17. The van der Waals surface area contributed by atoms with E-state index in [0.717, 1.165) is 25.9 Å². The minimum atomic E-state index is 0.0431. The van der Waals surface area contributed by atoms with Gasteiger partial charge < -0.3 is 5.73 Å². The summed E-state index contributed by atoms with van der Waals surface area (Å²) in [6.45, 7) is 6.10. The Balaban J connectivity index is 2.50. The van der Waals surface area contributed by atoms with E-state index in [1.807, 2.05) is 6.92 Å². The molecule has 13 heavy (non-hydrogen) atoms. The van der Waals surface area contributed by atoms with E-state index in [4.69, 9.17) is 11.0 Å². The second-order valence-electron chi connectivity index (χ2n) is 3.92. The molecule has 3 heteroatoms. The maximum absolute atomic E-state index is 8.79. The number of likely N-dealkylation sites (tertiary alicyclic amines) is 1. The third kappa shape index (κ3) is 2.43. The smallest absolute Gasteiger partial charge is 0.0949 e. The van der Waals surface area contributed by atoms with Gasteiger partial charge >= 0.3 is 0 Å². The summed E-state index contributed by atoms with van der Waals surface area (Å²) >= 11 is 0. The van der Waals surface area contributed by atoms with Gasteiger partial charge in [0, 0.05) is 19.1 Å². The van der Waals surface area contributed by atoms with Gasteiger partial charge in [-0.05, 0) is 19.3 Å². The summed E-state index contributed by atoms with van der Waals surface area (Å²) < 4.78 is 0. The van der Waals surface area contributed by atoms with E-state index in [2.05, 4.69) is 17.9 Å². The van der Waals surface area contributed by atoms with Gasteiger partial charge in [0.05, 0.1) is 12.1 Å². The number of rotatable bonds is 2. The Morgan fingerprint density at radius 1 is 1.69 bits per heavy atom. The molecule has 1 rings (SSSR count). The molecule has 0 bridgehead atoms. The molecule has 0 aromatic carbocycles. The number of hydrogen-bond donors (Lipinski definition) is 1. The highest BCUT2D eigenvalue weighted by Crippen LogP contribution is 2.19. The van der Waals surface area contributed by atoms with Crippen molar-refractivity contribution in [2.24, 2.45) is 11.7 Å². The Kier molecular flexibility index (Phi) is 3.71. The number of nitriles is 1. The molecule has 2 N–H and O–H groups in total. The third-order valence-electron chi connectivity index (χ3n) is 3.08. The zero-order valence-corrected chi connectivity index (χ0v) is 8.53. The van der Waals surface area contributed by atoms with Crippen LogP contribution in [0.25, 0.3) is 0 Å². The molecule has 0 amide bonds. The lowest BCUT2D eigenvalue weighted by molar-refractivity contribution is 0.135. The van der Waals surface area contributed by atoms with Crippen LogP contribution in [0.15, 0.2) is 0 Å². The minimum absolute atomic E-state index is 0.0431. The quantitative estimate of drug-likeness (QED) is 0.690. The van der Waals surface area contributed by atoms with Gasteiger partial charge in [0.1, 0.15) is 0 Å². The molecule has 1 heterocycles. The van der Waals surface area contributed by atoms with Crippen LogP contribution in [0.5, 0.6) is 0 Å². The first-order valence-corrected chi connectivity index (χ1v) is 5.08. The normalized spacial score (nSPS) is 32.5. The van der Waals surface area contributed by atoms with Gasteiger partial charge in [0.25, 0.3) is 0 Å². The zero-order chi connectivity index (χ0) is 9.84. The highest BCUT2D eigenvalue weighted by Gasteiger charge is 2.27. The van der Waals surface area contributed by atoms with Crippen molar-refractivity contribution >= 4 is 0 Å². The van der Waals surface area contributed by atoms with E-state index in [0.29, 0.717) is 12.0 Å². The van der Waals surface area contributed by atoms with E-state index in [-0.39, 0.29) is 6.04 Å². The lowest BCUT2D eigenvalue weighted by atomic mass is 9.90.